The Morgan fingerprint density at radius 2 is 1.86 bits per heavy atom. The molecule has 1 atom stereocenters. The van der Waals surface area contributed by atoms with Gasteiger partial charge in [0.05, 0.1) is 6.61 Å². The summed E-state index contributed by atoms with van der Waals surface area (Å²) >= 11 is 0. The third-order valence-electron chi connectivity index (χ3n) is 2.38. The maximum atomic E-state index is 11.7. The first kappa shape index (κ1) is 17.0. The second kappa shape index (κ2) is 7.64. The van der Waals surface area contributed by atoms with Crippen LogP contribution in [0.2, 0.25) is 0 Å². The van der Waals surface area contributed by atoms with E-state index >= 15 is 0 Å². The molecule has 21 heavy (non-hydrogen) atoms. The number of rotatable bonds is 5. The molecule has 116 valence electrons. The zero-order valence-electron chi connectivity index (χ0n) is 12.5. The van der Waals surface area contributed by atoms with Gasteiger partial charge in [0, 0.05) is 0 Å². The Kier molecular flexibility index (Phi) is 6.17. The van der Waals surface area contributed by atoms with Gasteiger partial charge in [0.15, 0.2) is 6.04 Å². The third-order valence-corrected chi connectivity index (χ3v) is 2.38. The average molecular weight is 295 g/mol. The Labute approximate surface area is 124 Å². The molecule has 6 nitrogen and oxygen atoms in total. The number of amides is 1. The number of benzene rings is 1. The van der Waals surface area contributed by atoms with Crippen LogP contribution in [0.1, 0.15) is 26.3 Å². The first-order chi connectivity index (χ1) is 9.81. The molecule has 0 saturated heterocycles. The van der Waals surface area contributed by atoms with Crippen LogP contribution in [0, 0.1) is 0 Å². The summed E-state index contributed by atoms with van der Waals surface area (Å²) in [4.78, 5) is 23.4. The Balaban J connectivity index is 2.45. The van der Waals surface area contributed by atoms with Gasteiger partial charge in [0.2, 0.25) is 0 Å². The van der Waals surface area contributed by atoms with Crippen LogP contribution in [0.3, 0.4) is 0 Å². The number of aliphatic hydroxyl groups is 1. The van der Waals surface area contributed by atoms with Gasteiger partial charge in [-0.3, -0.25) is 0 Å². The van der Waals surface area contributed by atoms with E-state index in [1.165, 1.54) is 0 Å². The van der Waals surface area contributed by atoms with Crippen LogP contribution in [0.15, 0.2) is 30.3 Å². The Morgan fingerprint density at radius 1 is 1.24 bits per heavy atom. The van der Waals surface area contributed by atoms with E-state index in [4.69, 9.17) is 14.6 Å². The Bertz CT molecular complexity index is 467. The highest BCUT2D eigenvalue weighted by Gasteiger charge is 2.26. The number of esters is 1. The fourth-order valence-electron chi connectivity index (χ4n) is 1.46. The zero-order chi connectivity index (χ0) is 15.9. The number of carbonyl (C=O) groups excluding carboxylic acids is 2. The summed E-state index contributed by atoms with van der Waals surface area (Å²) in [5.41, 5.74) is 0.130. The van der Waals surface area contributed by atoms with E-state index in [-0.39, 0.29) is 6.61 Å². The first-order valence-corrected chi connectivity index (χ1v) is 6.63. The van der Waals surface area contributed by atoms with Gasteiger partial charge in [-0.05, 0) is 26.3 Å². The predicted molar refractivity (Wildman–Crippen MR) is 76.5 cm³/mol. The van der Waals surface area contributed by atoms with Crippen molar-refractivity contribution in [1.82, 2.24) is 5.32 Å². The van der Waals surface area contributed by atoms with Crippen LogP contribution in [0.5, 0.6) is 0 Å². The van der Waals surface area contributed by atoms with E-state index in [0.29, 0.717) is 0 Å². The zero-order valence-corrected chi connectivity index (χ0v) is 12.5. The average Bonchev–Trinajstić information content (AvgIpc) is 2.41. The van der Waals surface area contributed by atoms with Crippen molar-refractivity contribution in [3.8, 4) is 0 Å². The molecule has 1 amide bonds. The van der Waals surface area contributed by atoms with Crippen molar-refractivity contribution in [3.05, 3.63) is 35.9 Å². The predicted octanol–water partition coefficient (Wildman–Crippen LogP) is 1.62. The molecule has 0 radical (unpaired) electrons. The van der Waals surface area contributed by atoms with Gasteiger partial charge in [-0.25, -0.2) is 9.59 Å². The van der Waals surface area contributed by atoms with Crippen LogP contribution >= 0.6 is 0 Å². The lowest BCUT2D eigenvalue weighted by Gasteiger charge is -2.23. The fourth-order valence-corrected chi connectivity index (χ4v) is 1.46. The summed E-state index contributed by atoms with van der Waals surface area (Å²) in [5.74, 6) is -0.707. The van der Waals surface area contributed by atoms with Gasteiger partial charge in [-0.15, -0.1) is 0 Å². The molecule has 1 aromatic rings. The number of hydrogen-bond donors (Lipinski definition) is 2. The van der Waals surface area contributed by atoms with Crippen molar-refractivity contribution >= 4 is 12.1 Å². The topological polar surface area (TPSA) is 84.9 Å². The molecule has 0 fully saturated rings. The number of aliphatic hydroxyl groups excluding tert-OH is 1. The fraction of sp³-hybridized carbons (Fsp3) is 0.467. The SMILES string of the molecule is CC(C)(C)OC(=O)[C@@H](CO)NC(=O)OCc1ccccc1. The van der Waals surface area contributed by atoms with Crippen molar-refractivity contribution < 1.29 is 24.2 Å². The Morgan fingerprint density at radius 3 is 2.38 bits per heavy atom. The minimum absolute atomic E-state index is 0.0825. The number of hydrogen-bond acceptors (Lipinski definition) is 5. The normalized spacial score (nSPS) is 12.4. The van der Waals surface area contributed by atoms with Crippen molar-refractivity contribution in [2.24, 2.45) is 0 Å². The van der Waals surface area contributed by atoms with Crippen molar-refractivity contribution in [2.75, 3.05) is 6.61 Å². The van der Waals surface area contributed by atoms with Crippen molar-refractivity contribution in [1.29, 1.82) is 0 Å². The van der Waals surface area contributed by atoms with Gasteiger partial charge in [0.1, 0.15) is 12.2 Å². The molecule has 1 aromatic carbocycles. The molecular formula is C15H21NO5. The van der Waals surface area contributed by atoms with E-state index in [0.717, 1.165) is 5.56 Å². The molecule has 0 bridgehead atoms. The van der Waals surface area contributed by atoms with Crippen LogP contribution in [0.25, 0.3) is 0 Å². The molecular weight excluding hydrogens is 274 g/mol. The molecule has 0 saturated carbocycles. The molecule has 0 unspecified atom stereocenters. The van der Waals surface area contributed by atoms with E-state index < -0.39 is 30.3 Å². The summed E-state index contributed by atoms with van der Waals surface area (Å²) in [5, 5.41) is 11.4. The second-order valence-corrected chi connectivity index (χ2v) is 5.47. The van der Waals surface area contributed by atoms with Crippen LogP contribution < -0.4 is 5.32 Å². The summed E-state index contributed by atoms with van der Waals surface area (Å²) in [6.45, 7) is 4.63. The monoisotopic (exact) mass is 295 g/mol. The highest BCUT2D eigenvalue weighted by atomic mass is 16.6. The minimum atomic E-state index is -1.15. The van der Waals surface area contributed by atoms with Gasteiger partial charge in [0.25, 0.3) is 0 Å². The van der Waals surface area contributed by atoms with E-state index in [2.05, 4.69) is 5.32 Å². The van der Waals surface area contributed by atoms with Crippen molar-refractivity contribution in [3.63, 3.8) is 0 Å². The highest BCUT2D eigenvalue weighted by molar-refractivity contribution is 5.81. The molecule has 1 rings (SSSR count). The summed E-state index contributed by atoms with van der Waals surface area (Å²) in [7, 11) is 0. The largest absolute Gasteiger partial charge is 0.458 e. The van der Waals surface area contributed by atoms with Gasteiger partial charge in [-0.1, -0.05) is 30.3 Å². The lowest BCUT2D eigenvalue weighted by atomic mass is 10.2. The minimum Gasteiger partial charge on any atom is -0.458 e. The van der Waals surface area contributed by atoms with E-state index in [1.54, 1.807) is 20.8 Å². The summed E-state index contributed by atoms with van der Waals surface area (Å²) < 4.78 is 10.1. The lowest BCUT2D eigenvalue weighted by Crippen LogP contribution is -2.46. The molecule has 0 spiro atoms. The smallest absolute Gasteiger partial charge is 0.408 e. The van der Waals surface area contributed by atoms with Crippen LogP contribution in [-0.4, -0.2) is 35.4 Å². The number of alkyl carbamates (subject to hydrolysis) is 1. The summed E-state index contributed by atoms with van der Waals surface area (Å²) in [6.07, 6.45) is -0.788. The van der Waals surface area contributed by atoms with Gasteiger partial charge >= 0.3 is 12.1 Å². The van der Waals surface area contributed by atoms with Crippen LogP contribution in [0.4, 0.5) is 4.79 Å². The van der Waals surface area contributed by atoms with E-state index in [1.807, 2.05) is 30.3 Å². The molecule has 0 heterocycles. The maximum absolute atomic E-state index is 11.7. The van der Waals surface area contributed by atoms with Gasteiger partial charge < -0.3 is 19.9 Å². The third kappa shape index (κ3) is 6.76. The van der Waals surface area contributed by atoms with Crippen LogP contribution in [-0.2, 0) is 20.9 Å². The lowest BCUT2D eigenvalue weighted by molar-refractivity contribution is -0.158. The number of carbonyl (C=O) groups is 2. The standard InChI is InChI=1S/C15H21NO5/c1-15(2,3)21-13(18)12(9-17)16-14(19)20-10-11-7-5-4-6-8-11/h4-8,12,17H,9-10H2,1-3H3,(H,16,19)/t12-/m1/s1. The number of ether oxygens (including phenoxy) is 2. The first-order valence-electron chi connectivity index (χ1n) is 6.63. The highest BCUT2D eigenvalue weighted by Crippen LogP contribution is 2.08. The van der Waals surface area contributed by atoms with Gasteiger partial charge in [-0.2, -0.15) is 0 Å². The molecule has 2 N–H and O–H groups in total. The second-order valence-electron chi connectivity index (χ2n) is 5.47. The van der Waals surface area contributed by atoms with Crippen molar-refractivity contribution in [2.45, 2.75) is 39.0 Å². The molecule has 0 aliphatic rings. The Hall–Kier alpha value is -2.08. The maximum Gasteiger partial charge on any atom is 0.408 e. The molecule has 0 aliphatic heterocycles. The number of nitrogens with one attached hydrogen (secondary N) is 1. The molecule has 6 heteroatoms. The molecule has 0 aromatic heterocycles. The van der Waals surface area contributed by atoms with E-state index in [9.17, 15) is 9.59 Å². The molecule has 0 aliphatic carbocycles. The quantitative estimate of drug-likeness (QED) is 0.806. The summed E-state index contributed by atoms with van der Waals surface area (Å²) in [6, 6.07) is 7.98.